The third-order valence-electron chi connectivity index (χ3n) is 5.41. The van der Waals surface area contributed by atoms with E-state index in [0.717, 1.165) is 21.6 Å². The lowest BCUT2D eigenvalue weighted by Crippen LogP contribution is -2.41. The molecule has 1 N–H and O–H groups in total. The number of ketones is 1. The zero-order valence-corrected chi connectivity index (χ0v) is 17.0. The number of nitrogens with zero attached hydrogens (tertiary/aromatic N) is 1. The topological polar surface area (TPSA) is 66.5 Å². The minimum absolute atomic E-state index is 0.250. The van der Waals surface area contributed by atoms with Crippen LogP contribution in [0.25, 0.3) is 0 Å². The van der Waals surface area contributed by atoms with Crippen LogP contribution in [0.4, 0.5) is 4.79 Å². The van der Waals surface area contributed by atoms with E-state index < -0.39 is 17.5 Å². The fraction of sp³-hybridized carbons (Fsp3) is 0.348. The monoisotopic (exact) mass is 378 g/mol. The Hall–Kier alpha value is -2.95. The lowest BCUT2D eigenvalue weighted by atomic mass is 9.90. The molecule has 1 atom stereocenters. The largest absolute Gasteiger partial charge is 0.325 e. The zero-order chi connectivity index (χ0) is 20.6. The van der Waals surface area contributed by atoms with Gasteiger partial charge in [-0.1, -0.05) is 61.9 Å². The maximum Gasteiger partial charge on any atom is 0.325 e. The molecule has 5 heteroatoms. The van der Waals surface area contributed by atoms with Crippen LogP contribution >= 0.6 is 0 Å². The molecule has 1 aliphatic rings. The molecule has 0 spiro atoms. The number of carbonyl (C=O) groups is 3. The highest BCUT2D eigenvalue weighted by Crippen LogP contribution is 2.30. The van der Waals surface area contributed by atoms with Gasteiger partial charge >= 0.3 is 6.03 Å². The van der Waals surface area contributed by atoms with Crippen LogP contribution in [0, 0.1) is 13.8 Å². The fourth-order valence-electron chi connectivity index (χ4n) is 3.59. The molecule has 3 amide bonds. The van der Waals surface area contributed by atoms with Crippen LogP contribution in [-0.4, -0.2) is 29.2 Å². The molecule has 0 aliphatic carbocycles. The van der Waals surface area contributed by atoms with E-state index in [0.29, 0.717) is 17.0 Å². The van der Waals surface area contributed by atoms with Crippen molar-refractivity contribution >= 4 is 17.7 Å². The van der Waals surface area contributed by atoms with Gasteiger partial charge in [-0.15, -0.1) is 0 Å². The molecule has 0 unspecified atom stereocenters. The van der Waals surface area contributed by atoms with Gasteiger partial charge in [0, 0.05) is 5.56 Å². The van der Waals surface area contributed by atoms with Crippen LogP contribution in [0.15, 0.2) is 42.5 Å². The van der Waals surface area contributed by atoms with E-state index >= 15 is 0 Å². The number of imide groups is 1. The molecule has 2 aromatic rings. The number of amides is 3. The summed E-state index contributed by atoms with van der Waals surface area (Å²) in [6.45, 7) is 9.41. The Kier molecular flexibility index (Phi) is 5.11. The lowest BCUT2D eigenvalue weighted by molar-refractivity contribution is -0.130. The molecule has 1 heterocycles. The van der Waals surface area contributed by atoms with Gasteiger partial charge in [0.2, 0.25) is 0 Å². The summed E-state index contributed by atoms with van der Waals surface area (Å²) in [5, 5.41) is 2.76. The maximum absolute atomic E-state index is 13.1. The quantitative estimate of drug-likeness (QED) is 0.630. The first-order valence-electron chi connectivity index (χ1n) is 9.48. The molecule has 0 saturated carbocycles. The van der Waals surface area contributed by atoms with Crippen molar-refractivity contribution in [2.45, 2.75) is 46.1 Å². The van der Waals surface area contributed by atoms with Crippen LogP contribution in [-0.2, 0) is 10.3 Å². The molecule has 1 saturated heterocycles. The van der Waals surface area contributed by atoms with Crippen molar-refractivity contribution in [1.82, 2.24) is 10.2 Å². The molecule has 5 nitrogen and oxygen atoms in total. The van der Waals surface area contributed by atoms with Gasteiger partial charge in [-0.25, -0.2) is 4.79 Å². The Balaban J connectivity index is 1.83. The summed E-state index contributed by atoms with van der Waals surface area (Å²) in [5.74, 6) is -0.282. The highest BCUT2D eigenvalue weighted by Gasteiger charge is 2.49. The Morgan fingerprint density at radius 2 is 1.71 bits per heavy atom. The minimum Gasteiger partial charge on any atom is -0.319 e. The molecule has 3 rings (SSSR count). The number of hydrogen-bond donors (Lipinski definition) is 1. The second-order valence-electron chi connectivity index (χ2n) is 7.96. The van der Waals surface area contributed by atoms with Crippen molar-refractivity contribution in [2.75, 3.05) is 6.54 Å². The van der Waals surface area contributed by atoms with E-state index in [9.17, 15) is 14.4 Å². The molecule has 146 valence electrons. The molecule has 1 fully saturated rings. The van der Waals surface area contributed by atoms with Crippen LogP contribution < -0.4 is 5.32 Å². The van der Waals surface area contributed by atoms with E-state index in [-0.39, 0.29) is 12.3 Å². The summed E-state index contributed by atoms with van der Waals surface area (Å²) in [6, 6.07) is 12.6. The second kappa shape index (κ2) is 7.23. The standard InChI is InChI=1S/C23H26N2O3/c1-14(2)17-7-9-18(10-8-17)23(5)21(27)25(22(28)24-23)13-20(26)19-11-6-15(3)12-16(19)4/h6-12,14H,13H2,1-5H3,(H,24,28)/t23-/m1/s1. The zero-order valence-electron chi connectivity index (χ0n) is 17.0. The van der Waals surface area contributed by atoms with Gasteiger partial charge in [0.05, 0.1) is 6.54 Å². The minimum atomic E-state index is -1.17. The molecule has 0 radical (unpaired) electrons. The van der Waals surface area contributed by atoms with E-state index in [1.165, 1.54) is 0 Å². The second-order valence-corrected chi connectivity index (χ2v) is 7.96. The van der Waals surface area contributed by atoms with Crippen molar-refractivity contribution in [2.24, 2.45) is 0 Å². The van der Waals surface area contributed by atoms with E-state index in [1.807, 2.05) is 50.2 Å². The molecular weight excluding hydrogens is 352 g/mol. The van der Waals surface area contributed by atoms with E-state index in [2.05, 4.69) is 19.2 Å². The summed E-state index contributed by atoms with van der Waals surface area (Å²) < 4.78 is 0. The number of hydrogen-bond acceptors (Lipinski definition) is 3. The summed E-state index contributed by atoms with van der Waals surface area (Å²) in [6.07, 6.45) is 0. The average Bonchev–Trinajstić information content (AvgIpc) is 2.85. The van der Waals surface area contributed by atoms with Crippen LogP contribution in [0.3, 0.4) is 0 Å². The highest BCUT2D eigenvalue weighted by atomic mass is 16.2. The smallest absolute Gasteiger partial charge is 0.319 e. The number of carbonyl (C=O) groups excluding carboxylic acids is 3. The predicted octanol–water partition coefficient (Wildman–Crippen LogP) is 4.08. The number of benzene rings is 2. The first-order valence-corrected chi connectivity index (χ1v) is 9.48. The molecule has 0 bridgehead atoms. The molecule has 2 aromatic carbocycles. The van der Waals surface area contributed by atoms with Gasteiger partial charge in [-0.2, -0.15) is 0 Å². The number of nitrogens with one attached hydrogen (secondary N) is 1. The Morgan fingerprint density at radius 3 is 2.29 bits per heavy atom. The maximum atomic E-state index is 13.1. The van der Waals surface area contributed by atoms with Gasteiger partial charge in [-0.3, -0.25) is 14.5 Å². The van der Waals surface area contributed by atoms with Crippen molar-refractivity contribution in [1.29, 1.82) is 0 Å². The van der Waals surface area contributed by atoms with Crippen molar-refractivity contribution in [3.8, 4) is 0 Å². The first-order chi connectivity index (χ1) is 13.1. The molecule has 0 aromatic heterocycles. The lowest BCUT2D eigenvalue weighted by Gasteiger charge is -2.23. The Labute approximate surface area is 165 Å². The van der Waals surface area contributed by atoms with Crippen LogP contribution in [0.1, 0.15) is 59.3 Å². The van der Waals surface area contributed by atoms with E-state index in [4.69, 9.17) is 0 Å². The van der Waals surface area contributed by atoms with Crippen molar-refractivity contribution in [3.05, 3.63) is 70.3 Å². The normalized spacial score (nSPS) is 19.3. The molecular formula is C23H26N2O3. The summed E-state index contributed by atoms with van der Waals surface area (Å²) in [4.78, 5) is 39.3. The highest BCUT2D eigenvalue weighted by molar-refractivity contribution is 6.11. The third-order valence-corrected chi connectivity index (χ3v) is 5.41. The van der Waals surface area contributed by atoms with Crippen molar-refractivity contribution < 1.29 is 14.4 Å². The van der Waals surface area contributed by atoms with Gasteiger partial charge in [0.1, 0.15) is 5.54 Å². The van der Waals surface area contributed by atoms with Gasteiger partial charge in [0.25, 0.3) is 5.91 Å². The Bertz CT molecular complexity index is 947. The number of urea groups is 1. The Morgan fingerprint density at radius 1 is 1.07 bits per heavy atom. The molecule has 28 heavy (non-hydrogen) atoms. The van der Waals surface area contributed by atoms with Crippen LogP contribution in [0.2, 0.25) is 0 Å². The summed E-state index contributed by atoms with van der Waals surface area (Å²) in [7, 11) is 0. The number of rotatable bonds is 5. The van der Waals surface area contributed by atoms with Gasteiger partial charge in [-0.05, 0) is 43.4 Å². The first kappa shape index (κ1) is 19.8. The van der Waals surface area contributed by atoms with Crippen molar-refractivity contribution in [3.63, 3.8) is 0 Å². The number of aryl methyl sites for hydroxylation is 2. The molecule has 1 aliphatic heterocycles. The van der Waals surface area contributed by atoms with Crippen LogP contribution in [0.5, 0.6) is 0 Å². The fourth-order valence-corrected chi connectivity index (χ4v) is 3.59. The average molecular weight is 378 g/mol. The summed E-state index contributed by atoms with van der Waals surface area (Å²) >= 11 is 0. The van der Waals surface area contributed by atoms with Gasteiger partial charge < -0.3 is 5.32 Å². The van der Waals surface area contributed by atoms with E-state index in [1.54, 1.807) is 13.0 Å². The SMILES string of the molecule is Cc1ccc(C(=O)CN2C(=O)N[C@](C)(c3ccc(C(C)C)cc3)C2=O)c(C)c1. The number of Topliss-reactive ketones (excluding diaryl/α,β-unsaturated/α-hetero) is 1. The predicted molar refractivity (Wildman–Crippen MR) is 108 cm³/mol. The van der Waals surface area contributed by atoms with Gasteiger partial charge in [0.15, 0.2) is 5.78 Å². The third kappa shape index (κ3) is 3.44. The summed E-state index contributed by atoms with van der Waals surface area (Å²) in [5.41, 5.74) is 3.12.